The van der Waals surface area contributed by atoms with Crippen LogP contribution in [0.1, 0.15) is 25.0 Å². The fourth-order valence-corrected chi connectivity index (χ4v) is 0.939. The molecule has 0 radical (unpaired) electrons. The highest BCUT2D eigenvalue weighted by molar-refractivity contribution is 5.36. The van der Waals surface area contributed by atoms with Crippen LogP contribution < -0.4 is 0 Å². The van der Waals surface area contributed by atoms with Gasteiger partial charge in [0.25, 0.3) is 0 Å². The lowest BCUT2D eigenvalue weighted by molar-refractivity contribution is -0.143. The molecule has 17 heavy (non-hydrogen) atoms. The molecule has 0 unspecified atom stereocenters. The van der Waals surface area contributed by atoms with Crippen molar-refractivity contribution in [2.75, 3.05) is 0 Å². The highest BCUT2D eigenvalue weighted by Crippen LogP contribution is 2.37. The molecule has 1 nitrogen and oxygen atoms in total. The number of phenols is 1. The Hall–Kier alpha value is -1.40. The van der Waals surface area contributed by atoms with Crippen LogP contribution in [0.15, 0.2) is 18.2 Å². The SMILES string of the molecule is CC.Oc1cc(C(F)(F)F)cc(C(F)(F)F)c1. The predicted octanol–water partition coefficient (Wildman–Crippen LogP) is 4.46. The Morgan fingerprint density at radius 2 is 1.06 bits per heavy atom. The molecule has 0 heterocycles. The highest BCUT2D eigenvalue weighted by Gasteiger charge is 2.36. The van der Waals surface area contributed by atoms with Crippen LogP contribution in [0.3, 0.4) is 0 Å². The quantitative estimate of drug-likeness (QED) is 0.683. The van der Waals surface area contributed by atoms with Crippen molar-refractivity contribution in [2.45, 2.75) is 26.2 Å². The summed E-state index contributed by atoms with van der Waals surface area (Å²) in [6.45, 7) is 4.00. The maximum atomic E-state index is 12.1. The Morgan fingerprint density at radius 1 is 0.765 bits per heavy atom. The molecule has 0 amide bonds. The summed E-state index contributed by atoms with van der Waals surface area (Å²) in [5.74, 6) is -1.07. The summed E-state index contributed by atoms with van der Waals surface area (Å²) in [6, 6.07) is 0.407. The third-order valence-electron chi connectivity index (χ3n) is 1.57. The molecule has 1 N–H and O–H groups in total. The van der Waals surface area contributed by atoms with E-state index in [1.165, 1.54) is 0 Å². The molecule has 1 aromatic rings. The molecule has 98 valence electrons. The van der Waals surface area contributed by atoms with Crippen LogP contribution in [-0.2, 0) is 12.4 Å². The van der Waals surface area contributed by atoms with Gasteiger partial charge in [-0.05, 0) is 18.2 Å². The third-order valence-corrected chi connectivity index (χ3v) is 1.57. The van der Waals surface area contributed by atoms with E-state index in [-0.39, 0.29) is 18.2 Å². The summed E-state index contributed by atoms with van der Waals surface area (Å²) in [7, 11) is 0. The molecule has 0 aliphatic carbocycles. The number of benzene rings is 1. The maximum absolute atomic E-state index is 12.1. The van der Waals surface area contributed by atoms with Gasteiger partial charge in [0, 0.05) is 0 Å². The Balaban J connectivity index is 0.00000121. The lowest BCUT2D eigenvalue weighted by atomic mass is 10.1. The van der Waals surface area contributed by atoms with E-state index in [0.29, 0.717) is 0 Å². The van der Waals surface area contributed by atoms with Gasteiger partial charge >= 0.3 is 12.4 Å². The number of phenolic OH excluding ortho intramolecular Hbond substituents is 1. The molecular formula is C10H10F6O. The topological polar surface area (TPSA) is 20.2 Å². The van der Waals surface area contributed by atoms with Gasteiger partial charge in [0.1, 0.15) is 5.75 Å². The largest absolute Gasteiger partial charge is 0.508 e. The van der Waals surface area contributed by atoms with E-state index in [1.807, 2.05) is 13.8 Å². The molecule has 0 aliphatic rings. The summed E-state index contributed by atoms with van der Waals surface area (Å²) < 4.78 is 72.3. The smallest absolute Gasteiger partial charge is 0.416 e. The van der Waals surface area contributed by atoms with Crippen molar-refractivity contribution in [1.29, 1.82) is 0 Å². The number of hydrogen-bond donors (Lipinski definition) is 1. The number of rotatable bonds is 0. The molecule has 1 rings (SSSR count). The number of halogens is 6. The zero-order valence-corrected chi connectivity index (χ0v) is 8.95. The Kier molecular flexibility index (Phi) is 4.85. The summed E-state index contributed by atoms with van der Waals surface area (Å²) in [5.41, 5.74) is -3.07. The van der Waals surface area contributed by atoms with Crippen molar-refractivity contribution in [3.63, 3.8) is 0 Å². The third kappa shape index (κ3) is 4.54. The van der Waals surface area contributed by atoms with Crippen LogP contribution in [-0.4, -0.2) is 5.11 Å². The molecule has 0 aromatic heterocycles. The average molecular weight is 260 g/mol. The van der Waals surface area contributed by atoms with Crippen LogP contribution in [0.4, 0.5) is 26.3 Å². The van der Waals surface area contributed by atoms with E-state index in [2.05, 4.69) is 0 Å². The second-order valence-corrected chi connectivity index (χ2v) is 2.76. The molecule has 0 aliphatic heterocycles. The maximum Gasteiger partial charge on any atom is 0.416 e. The zero-order chi connectivity index (χ0) is 13.9. The van der Waals surface area contributed by atoms with Gasteiger partial charge in [-0.1, -0.05) is 13.8 Å². The van der Waals surface area contributed by atoms with Crippen molar-refractivity contribution in [3.05, 3.63) is 29.3 Å². The van der Waals surface area contributed by atoms with Gasteiger partial charge in [-0.3, -0.25) is 0 Å². The minimum absolute atomic E-state index is 0.0558. The Labute approximate surface area is 93.7 Å². The van der Waals surface area contributed by atoms with Gasteiger partial charge in [-0.15, -0.1) is 0 Å². The molecule has 0 bridgehead atoms. The molecular weight excluding hydrogens is 250 g/mol. The van der Waals surface area contributed by atoms with Gasteiger partial charge in [-0.25, -0.2) is 0 Å². The minimum Gasteiger partial charge on any atom is -0.508 e. The second kappa shape index (κ2) is 5.29. The van der Waals surface area contributed by atoms with Crippen LogP contribution in [0.2, 0.25) is 0 Å². The number of hydrogen-bond acceptors (Lipinski definition) is 1. The summed E-state index contributed by atoms with van der Waals surface area (Å²) in [6.07, 6.45) is -9.84. The van der Waals surface area contributed by atoms with Crippen LogP contribution in [0, 0.1) is 0 Å². The van der Waals surface area contributed by atoms with Crippen molar-refractivity contribution < 1.29 is 31.4 Å². The van der Waals surface area contributed by atoms with Gasteiger partial charge < -0.3 is 5.11 Å². The van der Waals surface area contributed by atoms with Crippen molar-refractivity contribution in [3.8, 4) is 5.75 Å². The minimum atomic E-state index is -4.92. The summed E-state index contributed by atoms with van der Waals surface area (Å²) in [5, 5.41) is 8.72. The van der Waals surface area contributed by atoms with E-state index >= 15 is 0 Å². The number of alkyl halides is 6. The first-order valence-electron chi connectivity index (χ1n) is 4.59. The molecule has 1 aromatic carbocycles. The first-order chi connectivity index (χ1) is 7.60. The normalized spacial score (nSPS) is 11.8. The van der Waals surface area contributed by atoms with E-state index in [4.69, 9.17) is 5.11 Å². The Morgan fingerprint density at radius 3 is 1.29 bits per heavy atom. The van der Waals surface area contributed by atoms with Crippen LogP contribution in [0.25, 0.3) is 0 Å². The lowest BCUT2D eigenvalue weighted by Gasteiger charge is -2.11. The van der Waals surface area contributed by atoms with Gasteiger partial charge in [0.2, 0.25) is 0 Å². The molecule has 0 atom stereocenters. The van der Waals surface area contributed by atoms with Gasteiger partial charge in [-0.2, -0.15) is 26.3 Å². The zero-order valence-electron chi connectivity index (χ0n) is 8.95. The first kappa shape index (κ1) is 15.6. The molecule has 0 saturated carbocycles. The van der Waals surface area contributed by atoms with Crippen LogP contribution in [0.5, 0.6) is 5.75 Å². The van der Waals surface area contributed by atoms with E-state index in [9.17, 15) is 26.3 Å². The van der Waals surface area contributed by atoms with E-state index < -0.39 is 29.2 Å². The standard InChI is InChI=1S/C8H4F6O.C2H6/c9-7(10,11)4-1-5(8(12,13)14)3-6(15)2-4;1-2/h1-3,15H;1-2H3. The fraction of sp³-hybridized carbons (Fsp3) is 0.400. The molecule has 0 fully saturated rings. The van der Waals surface area contributed by atoms with Crippen LogP contribution >= 0.6 is 0 Å². The molecule has 7 heteroatoms. The highest BCUT2D eigenvalue weighted by atomic mass is 19.4. The van der Waals surface area contributed by atoms with E-state index in [1.54, 1.807) is 0 Å². The monoisotopic (exact) mass is 260 g/mol. The molecule has 0 saturated heterocycles. The average Bonchev–Trinajstić information content (AvgIpc) is 2.17. The Bertz CT molecular complexity index is 334. The molecule has 0 spiro atoms. The lowest BCUT2D eigenvalue weighted by Crippen LogP contribution is -2.10. The van der Waals surface area contributed by atoms with Crippen molar-refractivity contribution >= 4 is 0 Å². The summed E-state index contributed by atoms with van der Waals surface area (Å²) >= 11 is 0. The van der Waals surface area contributed by atoms with Crippen molar-refractivity contribution in [1.82, 2.24) is 0 Å². The first-order valence-corrected chi connectivity index (χ1v) is 4.59. The van der Waals surface area contributed by atoms with Gasteiger partial charge in [0.05, 0.1) is 11.1 Å². The van der Waals surface area contributed by atoms with Crippen molar-refractivity contribution in [2.24, 2.45) is 0 Å². The fourth-order valence-electron chi connectivity index (χ4n) is 0.939. The predicted molar refractivity (Wildman–Crippen MR) is 49.5 cm³/mol. The van der Waals surface area contributed by atoms with E-state index in [0.717, 1.165) is 0 Å². The number of aromatic hydroxyl groups is 1. The second-order valence-electron chi connectivity index (χ2n) is 2.76. The summed E-state index contributed by atoms with van der Waals surface area (Å²) in [4.78, 5) is 0. The van der Waals surface area contributed by atoms with Gasteiger partial charge in [0.15, 0.2) is 0 Å².